The Hall–Kier alpha value is -2.40. The first-order chi connectivity index (χ1) is 10.1. The molecule has 0 aliphatic heterocycles. The molecule has 0 saturated heterocycles. The van der Waals surface area contributed by atoms with Crippen LogP contribution in [-0.2, 0) is 11.4 Å². The number of ether oxygens (including phenoxy) is 1. The number of hydrogen-bond donors (Lipinski definition) is 2. The number of carbonyl (C=O) groups is 1. The molecule has 2 N–H and O–H groups in total. The van der Waals surface area contributed by atoms with E-state index in [4.69, 9.17) is 4.74 Å². The van der Waals surface area contributed by atoms with E-state index < -0.39 is 17.8 Å². The van der Waals surface area contributed by atoms with E-state index in [0.717, 1.165) is 0 Å². The van der Waals surface area contributed by atoms with Crippen LogP contribution >= 0.6 is 0 Å². The third-order valence-electron chi connectivity index (χ3n) is 2.92. The van der Waals surface area contributed by atoms with Crippen molar-refractivity contribution in [2.45, 2.75) is 19.6 Å². The fraction of sp³-hybridized carbons (Fsp3) is 0.188. The first-order valence-corrected chi connectivity index (χ1v) is 6.52. The van der Waals surface area contributed by atoms with E-state index in [9.17, 15) is 14.3 Å². The number of halogens is 1. The molecule has 0 aliphatic rings. The van der Waals surface area contributed by atoms with Gasteiger partial charge in [-0.25, -0.2) is 4.39 Å². The maximum atomic E-state index is 13.7. The summed E-state index contributed by atoms with van der Waals surface area (Å²) in [5.74, 6) is -1.11. The summed E-state index contributed by atoms with van der Waals surface area (Å²) in [6, 6.07) is 13.1. The Morgan fingerprint density at radius 2 is 1.95 bits per heavy atom. The Kier molecular flexibility index (Phi) is 4.90. The van der Waals surface area contributed by atoms with Gasteiger partial charge in [0, 0.05) is 11.3 Å². The highest BCUT2D eigenvalue weighted by atomic mass is 19.1. The maximum absolute atomic E-state index is 13.7. The molecule has 1 atom stereocenters. The summed E-state index contributed by atoms with van der Waals surface area (Å²) >= 11 is 0. The molecule has 2 rings (SSSR count). The number of benzene rings is 2. The Morgan fingerprint density at radius 3 is 2.62 bits per heavy atom. The summed E-state index contributed by atoms with van der Waals surface area (Å²) < 4.78 is 19.1. The number of aliphatic hydroxyl groups is 1. The fourth-order valence-corrected chi connectivity index (χ4v) is 1.81. The van der Waals surface area contributed by atoms with Crippen molar-refractivity contribution in [3.05, 3.63) is 59.9 Å². The van der Waals surface area contributed by atoms with Crippen molar-refractivity contribution < 1.29 is 19.0 Å². The third-order valence-corrected chi connectivity index (χ3v) is 2.92. The summed E-state index contributed by atoms with van der Waals surface area (Å²) in [5, 5.41) is 11.9. The Labute approximate surface area is 122 Å². The number of para-hydroxylation sites is 2. The van der Waals surface area contributed by atoms with E-state index in [1.165, 1.54) is 19.1 Å². The lowest BCUT2D eigenvalue weighted by Gasteiger charge is -2.17. The van der Waals surface area contributed by atoms with Gasteiger partial charge in [0.2, 0.25) is 0 Å². The van der Waals surface area contributed by atoms with E-state index >= 15 is 0 Å². The molecule has 21 heavy (non-hydrogen) atoms. The Balaban J connectivity index is 2.08. The van der Waals surface area contributed by atoms with Gasteiger partial charge in [0.1, 0.15) is 0 Å². The minimum atomic E-state index is -0.896. The van der Waals surface area contributed by atoms with Crippen molar-refractivity contribution in [2.75, 3.05) is 5.32 Å². The average molecular weight is 289 g/mol. The quantitative estimate of drug-likeness (QED) is 0.889. The molecule has 1 amide bonds. The zero-order valence-corrected chi connectivity index (χ0v) is 11.5. The molecule has 0 bridgehead atoms. The van der Waals surface area contributed by atoms with Crippen LogP contribution in [0.15, 0.2) is 48.5 Å². The van der Waals surface area contributed by atoms with Crippen molar-refractivity contribution in [3.63, 3.8) is 0 Å². The second-order valence-electron chi connectivity index (χ2n) is 4.50. The van der Waals surface area contributed by atoms with Crippen LogP contribution in [0.4, 0.5) is 10.1 Å². The predicted molar refractivity (Wildman–Crippen MR) is 77.5 cm³/mol. The van der Waals surface area contributed by atoms with Crippen molar-refractivity contribution >= 4 is 11.6 Å². The van der Waals surface area contributed by atoms with Crippen LogP contribution in [0.1, 0.15) is 12.5 Å². The highest BCUT2D eigenvalue weighted by molar-refractivity contribution is 5.94. The maximum Gasteiger partial charge on any atom is 0.265 e. The van der Waals surface area contributed by atoms with Crippen LogP contribution in [-0.4, -0.2) is 17.1 Å². The SMILES string of the molecule is CC(Oc1c(F)cccc1CO)C(=O)Nc1ccccc1. The highest BCUT2D eigenvalue weighted by Crippen LogP contribution is 2.24. The second-order valence-corrected chi connectivity index (χ2v) is 4.50. The lowest BCUT2D eigenvalue weighted by atomic mass is 10.2. The molecule has 0 aromatic heterocycles. The van der Waals surface area contributed by atoms with Gasteiger partial charge in [0.05, 0.1) is 6.61 Å². The van der Waals surface area contributed by atoms with Gasteiger partial charge in [-0.3, -0.25) is 4.79 Å². The van der Waals surface area contributed by atoms with Crippen molar-refractivity contribution in [2.24, 2.45) is 0 Å². The van der Waals surface area contributed by atoms with Gasteiger partial charge >= 0.3 is 0 Å². The van der Waals surface area contributed by atoms with Crippen molar-refractivity contribution in [1.29, 1.82) is 0 Å². The van der Waals surface area contributed by atoms with Crippen molar-refractivity contribution in [1.82, 2.24) is 0 Å². The van der Waals surface area contributed by atoms with Crippen LogP contribution in [0.2, 0.25) is 0 Å². The highest BCUT2D eigenvalue weighted by Gasteiger charge is 2.18. The standard InChI is InChI=1S/C16H16FNO3/c1-11(16(20)18-13-7-3-2-4-8-13)21-15-12(10-19)6-5-9-14(15)17/h2-9,11,19H,10H2,1H3,(H,18,20). The molecular weight excluding hydrogens is 273 g/mol. The first-order valence-electron chi connectivity index (χ1n) is 6.52. The zero-order chi connectivity index (χ0) is 15.2. The van der Waals surface area contributed by atoms with Gasteiger partial charge in [0.25, 0.3) is 5.91 Å². The van der Waals surface area contributed by atoms with Gasteiger partial charge in [-0.05, 0) is 25.1 Å². The summed E-state index contributed by atoms with van der Waals surface area (Å²) in [7, 11) is 0. The molecule has 4 nitrogen and oxygen atoms in total. The van der Waals surface area contributed by atoms with E-state index in [1.54, 1.807) is 30.3 Å². The Morgan fingerprint density at radius 1 is 1.24 bits per heavy atom. The van der Waals surface area contributed by atoms with Crippen LogP contribution < -0.4 is 10.1 Å². The van der Waals surface area contributed by atoms with Crippen LogP contribution in [0.3, 0.4) is 0 Å². The second kappa shape index (κ2) is 6.85. The smallest absolute Gasteiger partial charge is 0.265 e. The van der Waals surface area contributed by atoms with Crippen LogP contribution in [0.25, 0.3) is 0 Å². The average Bonchev–Trinajstić information content (AvgIpc) is 2.50. The topological polar surface area (TPSA) is 58.6 Å². The molecule has 2 aromatic carbocycles. The van der Waals surface area contributed by atoms with Crippen molar-refractivity contribution in [3.8, 4) is 5.75 Å². The molecule has 0 saturated carbocycles. The molecule has 0 aliphatic carbocycles. The molecule has 0 heterocycles. The largest absolute Gasteiger partial charge is 0.477 e. The van der Waals surface area contributed by atoms with Gasteiger partial charge < -0.3 is 15.2 Å². The predicted octanol–water partition coefficient (Wildman–Crippen LogP) is 2.72. The van der Waals surface area contributed by atoms with E-state index in [0.29, 0.717) is 11.3 Å². The van der Waals surface area contributed by atoms with E-state index in [-0.39, 0.29) is 12.4 Å². The molecule has 0 spiro atoms. The number of rotatable bonds is 5. The lowest BCUT2D eigenvalue weighted by molar-refractivity contribution is -0.122. The first kappa shape index (κ1) is 15.0. The molecule has 2 aromatic rings. The minimum absolute atomic E-state index is 0.101. The van der Waals surface area contributed by atoms with Gasteiger partial charge in [-0.2, -0.15) is 0 Å². The fourth-order valence-electron chi connectivity index (χ4n) is 1.81. The van der Waals surface area contributed by atoms with Crippen LogP contribution in [0, 0.1) is 5.82 Å². The summed E-state index contributed by atoms with van der Waals surface area (Å²) in [6.45, 7) is 1.16. The third kappa shape index (κ3) is 3.79. The molecule has 1 unspecified atom stereocenters. The summed E-state index contributed by atoms with van der Waals surface area (Å²) in [6.07, 6.45) is -0.896. The van der Waals surface area contributed by atoms with Gasteiger partial charge in [-0.1, -0.05) is 30.3 Å². The minimum Gasteiger partial charge on any atom is -0.477 e. The molecule has 0 fully saturated rings. The zero-order valence-electron chi connectivity index (χ0n) is 11.5. The number of nitrogens with one attached hydrogen (secondary N) is 1. The number of aliphatic hydroxyl groups excluding tert-OH is 1. The van der Waals surface area contributed by atoms with E-state index in [1.807, 2.05) is 6.07 Å². The van der Waals surface area contributed by atoms with Gasteiger partial charge in [-0.15, -0.1) is 0 Å². The number of carbonyl (C=O) groups excluding carboxylic acids is 1. The van der Waals surface area contributed by atoms with E-state index in [2.05, 4.69) is 5.32 Å². The summed E-state index contributed by atoms with van der Waals surface area (Å²) in [5.41, 5.74) is 0.934. The number of amides is 1. The van der Waals surface area contributed by atoms with Crippen LogP contribution in [0.5, 0.6) is 5.75 Å². The van der Waals surface area contributed by atoms with Gasteiger partial charge in [0.15, 0.2) is 17.7 Å². The number of anilines is 1. The Bertz CT molecular complexity index is 616. The molecule has 0 radical (unpaired) electrons. The molecular formula is C16H16FNO3. The monoisotopic (exact) mass is 289 g/mol. The summed E-state index contributed by atoms with van der Waals surface area (Å²) in [4.78, 5) is 12.0. The molecule has 110 valence electrons. The lowest BCUT2D eigenvalue weighted by Crippen LogP contribution is -2.30. The number of hydrogen-bond acceptors (Lipinski definition) is 3. The normalized spacial score (nSPS) is 11.8. The molecule has 5 heteroatoms.